The Bertz CT molecular complexity index is 713. The third-order valence-electron chi connectivity index (χ3n) is 6.86. The van der Waals surface area contributed by atoms with Gasteiger partial charge in [0.05, 0.1) is 6.61 Å². The number of carbonyl (C=O) groups is 1. The average Bonchev–Trinajstić information content (AvgIpc) is 2.89. The van der Waals surface area contributed by atoms with E-state index in [1.807, 2.05) is 30.3 Å². The first kappa shape index (κ1) is 28.1. The molecule has 2 heterocycles. The van der Waals surface area contributed by atoms with Gasteiger partial charge in [-0.1, -0.05) is 101 Å². The Hall–Kier alpha value is -1.51. The molecule has 2 saturated heterocycles. The van der Waals surface area contributed by atoms with Crippen molar-refractivity contribution in [2.24, 2.45) is 0 Å². The highest BCUT2D eigenvalue weighted by Crippen LogP contribution is 2.35. The monoisotopic (exact) mass is 492 g/mol. The molecule has 0 aromatic heterocycles. The van der Waals surface area contributed by atoms with E-state index in [0.717, 1.165) is 24.8 Å². The quantitative estimate of drug-likeness (QED) is 0.258. The van der Waals surface area contributed by atoms with E-state index < -0.39 is 37.0 Å². The van der Waals surface area contributed by atoms with Gasteiger partial charge in [0.25, 0.3) is 0 Å². The summed E-state index contributed by atoms with van der Waals surface area (Å²) in [6, 6.07) is 9.57. The first-order valence-electron chi connectivity index (χ1n) is 13.5. The molecule has 0 saturated carbocycles. The molecule has 7 heteroatoms. The molecule has 7 nitrogen and oxygen atoms in total. The van der Waals surface area contributed by atoms with Gasteiger partial charge in [0.2, 0.25) is 0 Å². The highest BCUT2D eigenvalue weighted by atomic mass is 16.8. The summed E-state index contributed by atoms with van der Waals surface area (Å²) >= 11 is 0. The number of ether oxygens (including phenoxy) is 5. The summed E-state index contributed by atoms with van der Waals surface area (Å²) < 4.78 is 28.8. The average molecular weight is 493 g/mol. The van der Waals surface area contributed by atoms with E-state index in [2.05, 4.69) is 6.92 Å². The van der Waals surface area contributed by atoms with E-state index in [1.165, 1.54) is 58.5 Å². The number of benzene rings is 1. The summed E-state index contributed by atoms with van der Waals surface area (Å²) in [5, 5.41) is 10.8. The summed E-state index contributed by atoms with van der Waals surface area (Å²) in [7, 11) is 1.45. The molecule has 0 spiro atoms. The lowest BCUT2D eigenvalue weighted by molar-refractivity contribution is -0.358. The van der Waals surface area contributed by atoms with Gasteiger partial charge in [-0.05, 0) is 6.42 Å². The Morgan fingerprint density at radius 3 is 2.20 bits per heavy atom. The van der Waals surface area contributed by atoms with Crippen molar-refractivity contribution in [3.8, 4) is 0 Å². The predicted molar refractivity (Wildman–Crippen MR) is 133 cm³/mol. The number of aliphatic hydroxyl groups is 1. The van der Waals surface area contributed by atoms with Crippen LogP contribution in [0.3, 0.4) is 0 Å². The van der Waals surface area contributed by atoms with Crippen molar-refractivity contribution < 1.29 is 33.6 Å². The third kappa shape index (κ3) is 8.83. The summed E-state index contributed by atoms with van der Waals surface area (Å²) in [4.78, 5) is 12.6. The van der Waals surface area contributed by atoms with Gasteiger partial charge in [-0.2, -0.15) is 0 Å². The largest absolute Gasteiger partial charge is 0.456 e. The van der Waals surface area contributed by atoms with Gasteiger partial charge in [0.15, 0.2) is 18.7 Å². The molecule has 6 atom stereocenters. The molecular formula is C28H44O7. The van der Waals surface area contributed by atoms with Crippen LogP contribution in [0.2, 0.25) is 0 Å². The van der Waals surface area contributed by atoms with Crippen molar-refractivity contribution in [3.05, 3.63) is 35.9 Å². The first-order valence-corrected chi connectivity index (χ1v) is 13.5. The molecule has 0 radical (unpaired) electrons. The van der Waals surface area contributed by atoms with Crippen LogP contribution in [0.1, 0.15) is 95.8 Å². The number of hydrogen-bond donors (Lipinski definition) is 1. The van der Waals surface area contributed by atoms with Crippen LogP contribution in [0.25, 0.3) is 0 Å². The summed E-state index contributed by atoms with van der Waals surface area (Å²) in [5.41, 5.74) is 0.861. The van der Waals surface area contributed by atoms with E-state index in [9.17, 15) is 9.90 Å². The number of esters is 1. The van der Waals surface area contributed by atoms with Crippen molar-refractivity contribution in [2.45, 2.75) is 121 Å². The summed E-state index contributed by atoms with van der Waals surface area (Å²) in [6.07, 6.45) is 9.07. The number of unbranched alkanes of at least 4 members (excludes halogenated alkanes) is 10. The van der Waals surface area contributed by atoms with Gasteiger partial charge in [-0.15, -0.1) is 0 Å². The normalized spacial score (nSPS) is 28.4. The zero-order chi connectivity index (χ0) is 24.9. The smallest absolute Gasteiger partial charge is 0.306 e. The second kappa shape index (κ2) is 15.6. The Labute approximate surface area is 210 Å². The van der Waals surface area contributed by atoms with Gasteiger partial charge in [0.1, 0.15) is 18.3 Å². The fourth-order valence-electron chi connectivity index (χ4n) is 4.82. The number of rotatable bonds is 15. The Kier molecular flexibility index (Phi) is 12.5. The van der Waals surface area contributed by atoms with Gasteiger partial charge >= 0.3 is 5.97 Å². The first-order chi connectivity index (χ1) is 17.1. The lowest BCUT2D eigenvalue weighted by atomic mass is 9.97. The van der Waals surface area contributed by atoms with Crippen LogP contribution in [-0.4, -0.2) is 55.5 Å². The predicted octanol–water partition coefficient (Wildman–Crippen LogP) is 5.45. The summed E-state index contributed by atoms with van der Waals surface area (Å²) in [6.45, 7) is 2.50. The maximum Gasteiger partial charge on any atom is 0.306 e. The zero-order valence-electron chi connectivity index (χ0n) is 21.4. The molecule has 1 aromatic carbocycles. The second-order valence-corrected chi connectivity index (χ2v) is 9.69. The minimum atomic E-state index is -1.14. The fourth-order valence-corrected chi connectivity index (χ4v) is 4.82. The van der Waals surface area contributed by atoms with Gasteiger partial charge in [-0.3, -0.25) is 4.79 Å². The van der Waals surface area contributed by atoms with Crippen molar-refractivity contribution >= 4 is 5.97 Å². The molecule has 198 valence electrons. The maximum absolute atomic E-state index is 12.6. The Balaban J connectivity index is 1.41. The Morgan fingerprint density at radius 1 is 0.943 bits per heavy atom. The van der Waals surface area contributed by atoms with E-state index in [0.29, 0.717) is 6.42 Å². The molecule has 1 aromatic rings. The van der Waals surface area contributed by atoms with Crippen LogP contribution in [0, 0.1) is 0 Å². The molecule has 2 aliphatic heterocycles. The van der Waals surface area contributed by atoms with Crippen molar-refractivity contribution in [3.63, 3.8) is 0 Å². The highest BCUT2D eigenvalue weighted by Gasteiger charge is 2.51. The maximum atomic E-state index is 12.6. The molecule has 0 aliphatic carbocycles. The number of fused-ring (bicyclic) bond motifs is 1. The molecule has 35 heavy (non-hydrogen) atoms. The van der Waals surface area contributed by atoms with Crippen molar-refractivity contribution in [1.82, 2.24) is 0 Å². The number of aliphatic hydroxyl groups excluding tert-OH is 1. The second-order valence-electron chi connectivity index (χ2n) is 9.69. The van der Waals surface area contributed by atoms with Gasteiger partial charge < -0.3 is 28.8 Å². The fraction of sp³-hybridized carbons (Fsp3) is 0.750. The van der Waals surface area contributed by atoms with E-state index in [4.69, 9.17) is 23.7 Å². The Morgan fingerprint density at radius 2 is 1.57 bits per heavy atom. The van der Waals surface area contributed by atoms with Crippen LogP contribution in [0.5, 0.6) is 0 Å². The highest BCUT2D eigenvalue weighted by molar-refractivity contribution is 5.69. The van der Waals surface area contributed by atoms with Crippen molar-refractivity contribution in [1.29, 1.82) is 0 Å². The van der Waals surface area contributed by atoms with Crippen LogP contribution in [-0.2, 0) is 28.5 Å². The topological polar surface area (TPSA) is 83.5 Å². The third-order valence-corrected chi connectivity index (χ3v) is 6.86. The van der Waals surface area contributed by atoms with Gasteiger partial charge in [-0.25, -0.2) is 0 Å². The van der Waals surface area contributed by atoms with E-state index >= 15 is 0 Å². The number of methoxy groups -OCH3 is 1. The van der Waals surface area contributed by atoms with E-state index in [-0.39, 0.29) is 12.6 Å². The SMILES string of the molecule is CCCCCCCCCCCCCC(=O)O[C@@H]1[C@@H](O)[C@@H](OC)O[C@@H]2CO[C@@H](c3ccccc3)O[C@@H]12. The molecular weight excluding hydrogens is 448 g/mol. The van der Waals surface area contributed by atoms with E-state index in [1.54, 1.807) is 0 Å². The van der Waals surface area contributed by atoms with Crippen LogP contribution in [0.4, 0.5) is 0 Å². The number of hydrogen-bond acceptors (Lipinski definition) is 7. The molecule has 2 aliphatic rings. The molecule has 0 bridgehead atoms. The summed E-state index contributed by atoms with van der Waals surface area (Å²) in [5.74, 6) is -0.327. The molecule has 0 amide bonds. The number of carbonyl (C=O) groups excluding carboxylic acids is 1. The molecule has 3 rings (SSSR count). The molecule has 2 fully saturated rings. The van der Waals surface area contributed by atoms with Crippen LogP contribution >= 0.6 is 0 Å². The zero-order valence-corrected chi connectivity index (χ0v) is 21.4. The molecule has 0 unspecified atom stereocenters. The lowest BCUT2D eigenvalue weighted by Gasteiger charge is -2.47. The van der Waals surface area contributed by atoms with Crippen molar-refractivity contribution in [2.75, 3.05) is 13.7 Å². The lowest BCUT2D eigenvalue weighted by Crippen LogP contribution is -2.63. The van der Waals surface area contributed by atoms with Crippen LogP contribution < -0.4 is 0 Å². The van der Waals surface area contributed by atoms with Gasteiger partial charge in [0, 0.05) is 19.1 Å². The standard InChI is InChI=1S/C28H44O7/c1-3-4-5-6-7-8-9-10-11-12-16-19-23(29)34-26-24(30)28(31-2)33-22-20-32-27(35-25(22)26)21-17-14-13-15-18-21/h13-15,17-18,22,24-28,30H,3-12,16,19-20H2,1-2H3/t22-,24-,25-,26-,27-,28+/m1/s1. The minimum Gasteiger partial charge on any atom is -0.456 e. The van der Waals surface area contributed by atoms with Crippen LogP contribution in [0.15, 0.2) is 30.3 Å². The molecule has 1 N–H and O–H groups in total. The minimum absolute atomic E-state index is 0.253.